The molecule has 4 aromatic carbocycles. The van der Waals surface area contributed by atoms with E-state index in [1.54, 1.807) is 0 Å². The molecule has 0 spiro atoms. The fourth-order valence-corrected chi connectivity index (χ4v) is 6.77. The molecule has 5 rings (SSSR count). The van der Waals surface area contributed by atoms with Crippen LogP contribution in [0, 0.1) is 25.7 Å². The lowest BCUT2D eigenvalue weighted by atomic mass is 9.65. The molecule has 0 aliphatic heterocycles. The molecule has 1 aliphatic carbocycles. The maximum atomic E-state index is 6.46. The van der Waals surface area contributed by atoms with Gasteiger partial charge in [0.2, 0.25) is 0 Å². The summed E-state index contributed by atoms with van der Waals surface area (Å²) in [5.74, 6) is 2.39. The Kier molecular flexibility index (Phi) is 8.62. The number of fused-ring (bicyclic) bond motifs is 3. The van der Waals surface area contributed by atoms with Crippen LogP contribution in [0.25, 0.3) is 11.1 Å². The van der Waals surface area contributed by atoms with E-state index in [9.17, 15) is 0 Å². The van der Waals surface area contributed by atoms with E-state index in [4.69, 9.17) is 12.6 Å². The highest BCUT2D eigenvalue weighted by atomic mass is 79.9. The van der Waals surface area contributed by atoms with Crippen LogP contribution in [0.4, 0.5) is 0 Å². The van der Waals surface area contributed by atoms with E-state index in [1.165, 1.54) is 63.8 Å². The van der Waals surface area contributed by atoms with Gasteiger partial charge in [-0.3, -0.25) is 0 Å². The van der Waals surface area contributed by atoms with Crippen molar-refractivity contribution in [1.29, 1.82) is 0 Å². The minimum Gasteiger partial charge on any atom is -0.494 e. The van der Waals surface area contributed by atoms with E-state index in [0.29, 0.717) is 5.92 Å². The molecule has 0 bridgehead atoms. The van der Waals surface area contributed by atoms with Gasteiger partial charge in [-0.1, -0.05) is 122 Å². The van der Waals surface area contributed by atoms with Gasteiger partial charge in [-0.15, -0.1) is 0 Å². The largest absolute Gasteiger partial charge is 0.494 e. The van der Waals surface area contributed by atoms with Gasteiger partial charge in [0, 0.05) is 4.47 Å². The van der Waals surface area contributed by atoms with E-state index in [1.807, 2.05) is 6.07 Å². The predicted molar refractivity (Wildman–Crippen MR) is 174 cm³/mol. The van der Waals surface area contributed by atoms with E-state index in [2.05, 4.69) is 123 Å². The Hall–Kier alpha value is -2.78. The Morgan fingerprint density at radius 2 is 1.45 bits per heavy atom. The van der Waals surface area contributed by atoms with Crippen LogP contribution in [0.3, 0.4) is 0 Å². The van der Waals surface area contributed by atoms with E-state index in [0.717, 1.165) is 34.6 Å². The molecule has 2 atom stereocenters. The zero-order chi connectivity index (χ0) is 28.4. The van der Waals surface area contributed by atoms with E-state index in [-0.39, 0.29) is 0 Å². The van der Waals surface area contributed by atoms with Crippen molar-refractivity contribution in [2.45, 2.75) is 65.7 Å². The summed E-state index contributed by atoms with van der Waals surface area (Å²) in [6, 6.07) is 28.6. The van der Waals surface area contributed by atoms with Crippen LogP contribution in [0.5, 0.6) is 5.75 Å². The number of rotatable bonds is 10. The molecular weight excluding hydrogens is 551 g/mol. The first-order valence-corrected chi connectivity index (χ1v) is 15.5. The molecule has 204 valence electrons. The number of halogens is 1. The zero-order valence-corrected chi connectivity index (χ0v) is 26.1. The van der Waals surface area contributed by atoms with Gasteiger partial charge < -0.3 is 4.74 Å². The summed E-state index contributed by atoms with van der Waals surface area (Å²) in [4.78, 5) is 0. The summed E-state index contributed by atoms with van der Waals surface area (Å²) < 4.78 is 7.33. The van der Waals surface area contributed by atoms with Gasteiger partial charge in [-0.2, -0.15) is 0 Å². The van der Waals surface area contributed by atoms with Crippen molar-refractivity contribution in [3.8, 4) is 16.9 Å². The Balaban J connectivity index is 1.54. The highest BCUT2D eigenvalue weighted by molar-refractivity contribution is 9.10. The van der Waals surface area contributed by atoms with Crippen LogP contribution in [0.15, 0.2) is 83.3 Å². The maximum Gasteiger partial charge on any atom is 0.119 e. The van der Waals surface area contributed by atoms with Gasteiger partial charge >= 0.3 is 0 Å². The van der Waals surface area contributed by atoms with E-state index < -0.39 is 5.41 Å². The monoisotopic (exact) mass is 590 g/mol. The Bertz CT molecular complexity index is 1440. The van der Waals surface area contributed by atoms with Crippen molar-refractivity contribution < 1.29 is 4.74 Å². The average Bonchev–Trinajstić information content (AvgIpc) is 3.19. The first-order chi connectivity index (χ1) is 19.2. The molecule has 2 unspecified atom stereocenters. The number of ether oxygens (including phenoxy) is 1. The third-order valence-corrected chi connectivity index (χ3v) is 9.06. The van der Waals surface area contributed by atoms with Gasteiger partial charge in [0.05, 0.1) is 12.0 Å². The van der Waals surface area contributed by atoms with Crippen LogP contribution in [0.1, 0.15) is 79.8 Å². The van der Waals surface area contributed by atoms with Gasteiger partial charge in [0.15, 0.2) is 0 Å². The summed E-state index contributed by atoms with van der Waals surface area (Å²) in [5.41, 5.74) is 10.3. The lowest BCUT2D eigenvalue weighted by molar-refractivity contribution is 0.275. The SMILES string of the molecule is [B]c1ccc2c(c1)C(c1ccc(OCCC(C)CCCC(C)C)cc1)(c1cc(C)ccc1C)c1cc(Br)ccc1-2. The standard InChI is InChI=1S/C37H40BBrO/c1-24(2)7-6-8-25(3)19-20-40-31-15-11-28(12-16-31)37(34-21-26(4)9-10-27(34)5)35-22-29(38)13-17-32(35)33-18-14-30(39)23-36(33)37/h9-18,21-25H,6-8,19-20H2,1-5H3. The number of hydrogen-bond acceptors (Lipinski definition) is 1. The van der Waals surface area contributed by atoms with Gasteiger partial charge in [0.25, 0.3) is 0 Å². The Morgan fingerprint density at radius 3 is 2.17 bits per heavy atom. The van der Waals surface area contributed by atoms with E-state index >= 15 is 0 Å². The highest BCUT2D eigenvalue weighted by Gasteiger charge is 2.47. The molecule has 2 radical (unpaired) electrons. The highest BCUT2D eigenvalue weighted by Crippen LogP contribution is 2.57. The second-order valence-corrected chi connectivity index (χ2v) is 13.1. The minimum atomic E-state index is -0.483. The molecule has 0 heterocycles. The Labute approximate surface area is 250 Å². The van der Waals surface area contributed by atoms with Crippen molar-refractivity contribution in [1.82, 2.24) is 0 Å². The molecule has 0 saturated carbocycles. The third-order valence-electron chi connectivity index (χ3n) is 8.57. The Morgan fingerprint density at radius 1 is 0.750 bits per heavy atom. The molecule has 0 aromatic heterocycles. The maximum absolute atomic E-state index is 6.46. The van der Waals surface area contributed by atoms with Crippen molar-refractivity contribution in [2.75, 3.05) is 6.61 Å². The fraction of sp³-hybridized carbons (Fsp3) is 0.351. The predicted octanol–water partition coefficient (Wildman–Crippen LogP) is 9.45. The second-order valence-electron chi connectivity index (χ2n) is 12.2. The molecule has 0 saturated heterocycles. The first-order valence-electron chi connectivity index (χ1n) is 14.7. The van der Waals surface area contributed by atoms with Crippen molar-refractivity contribution >= 4 is 29.2 Å². The van der Waals surface area contributed by atoms with Gasteiger partial charge in [-0.05, 0) is 95.3 Å². The lowest BCUT2D eigenvalue weighted by Gasteiger charge is -2.35. The summed E-state index contributed by atoms with van der Waals surface area (Å²) in [6.07, 6.45) is 4.97. The molecule has 4 aromatic rings. The van der Waals surface area contributed by atoms with Crippen molar-refractivity contribution in [2.24, 2.45) is 11.8 Å². The van der Waals surface area contributed by atoms with Crippen LogP contribution >= 0.6 is 15.9 Å². The minimum absolute atomic E-state index is 0.483. The average molecular weight is 591 g/mol. The fourth-order valence-electron chi connectivity index (χ4n) is 6.41. The smallest absolute Gasteiger partial charge is 0.119 e. The molecule has 0 N–H and O–H groups in total. The number of hydrogen-bond donors (Lipinski definition) is 0. The number of aryl methyl sites for hydroxylation is 2. The van der Waals surface area contributed by atoms with Crippen molar-refractivity contribution in [3.63, 3.8) is 0 Å². The summed E-state index contributed by atoms with van der Waals surface area (Å²) in [6.45, 7) is 12.1. The van der Waals surface area contributed by atoms with Gasteiger partial charge in [-0.25, -0.2) is 0 Å². The lowest BCUT2D eigenvalue weighted by Crippen LogP contribution is -2.30. The molecule has 1 aliphatic rings. The zero-order valence-electron chi connectivity index (χ0n) is 24.6. The van der Waals surface area contributed by atoms with Crippen LogP contribution in [0.2, 0.25) is 0 Å². The van der Waals surface area contributed by atoms with Crippen LogP contribution in [-0.2, 0) is 5.41 Å². The van der Waals surface area contributed by atoms with Crippen LogP contribution < -0.4 is 10.2 Å². The summed E-state index contributed by atoms with van der Waals surface area (Å²) in [7, 11) is 6.46. The second kappa shape index (κ2) is 12.0. The quantitative estimate of drug-likeness (QED) is 0.147. The molecule has 3 heteroatoms. The van der Waals surface area contributed by atoms with Gasteiger partial charge in [0.1, 0.15) is 13.6 Å². The molecule has 40 heavy (non-hydrogen) atoms. The summed E-state index contributed by atoms with van der Waals surface area (Å²) >= 11 is 3.78. The normalized spacial score (nSPS) is 16.6. The molecule has 1 nitrogen and oxygen atoms in total. The molecular formula is C37H40BBrO. The van der Waals surface area contributed by atoms with Crippen molar-refractivity contribution in [3.05, 3.63) is 117 Å². The number of benzene rings is 4. The molecule has 0 amide bonds. The topological polar surface area (TPSA) is 9.23 Å². The summed E-state index contributed by atoms with van der Waals surface area (Å²) in [5, 5.41) is 0. The first kappa shape index (κ1) is 28.7. The third kappa shape index (κ3) is 5.55. The van der Waals surface area contributed by atoms with Crippen LogP contribution in [-0.4, -0.2) is 14.5 Å². The molecule has 0 fully saturated rings.